The Kier molecular flexibility index (Phi) is 3.97. The van der Waals surface area contributed by atoms with E-state index in [4.69, 9.17) is 16.3 Å². The van der Waals surface area contributed by atoms with E-state index in [0.717, 1.165) is 10.8 Å². The second-order valence-electron chi connectivity index (χ2n) is 5.77. The van der Waals surface area contributed by atoms with Crippen molar-refractivity contribution in [2.75, 3.05) is 11.9 Å². The number of halogens is 2. The van der Waals surface area contributed by atoms with Crippen LogP contribution in [0.4, 0.5) is 10.1 Å². The molecule has 5 nitrogen and oxygen atoms in total. The first-order valence-electron chi connectivity index (χ1n) is 7.74. The van der Waals surface area contributed by atoms with E-state index in [0.29, 0.717) is 30.0 Å². The number of rotatable bonds is 2. The van der Waals surface area contributed by atoms with Gasteiger partial charge in [0, 0.05) is 41.0 Å². The third-order valence-corrected chi connectivity index (χ3v) is 4.52. The van der Waals surface area contributed by atoms with Crippen LogP contribution >= 0.6 is 11.6 Å². The average molecular weight is 358 g/mol. The SMILES string of the molecule is O=C(Nc1cncc2ccncc12)[C@@H]1CCOc2cc(F)c(Cl)cc21. The number of benzene rings is 1. The molecular formula is C18H13ClFN3O2. The van der Waals surface area contributed by atoms with E-state index >= 15 is 0 Å². The highest BCUT2D eigenvalue weighted by Gasteiger charge is 2.29. The van der Waals surface area contributed by atoms with E-state index in [2.05, 4.69) is 15.3 Å². The van der Waals surface area contributed by atoms with Crippen molar-refractivity contribution in [3.8, 4) is 5.75 Å². The third-order valence-electron chi connectivity index (χ3n) is 4.23. The number of carbonyl (C=O) groups excluding carboxylic acids is 1. The number of aromatic nitrogens is 2. The second kappa shape index (κ2) is 6.29. The molecule has 25 heavy (non-hydrogen) atoms. The molecule has 0 spiro atoms. The van der Waals surface area contributed by atoms with Crippen LogP contribution in [-0.2, 0) is 4.79 Å². The number of hydrogen-bond acceptors (Lipinski definition) is 4. The highest BCUT2D eigenvalue weighted by molar-refractivity contribution is 6.30. The van der Waals surface area contributed by atoms with Gasteiger partial charge in [0.1, 0.15) is 11.6 Å². The Morgan fingerprint density at radius 2 is 2.16 bits per heavy atom. The first-order valence-corrected chi connectivity index (χ1v) is 8.11. The summed E-state index contributed by atoms with van der Waals surface area (Å²) in [6, 6.07) is 4.50. The van der Waals surface area contributed by atoms with Crippen LogP contribution in [0.3, 0.4) is 0 Å². The van der Waals surface area contributed by atoms with Crippen LogP contribution in [-0.4, -0.2) is 22.5 Å². The number of nitrogens with zero attached hydrogens (tertiary/aromatic N) is 2. The summed E-state index contributed by atoms with van der Waals surface area (Å²) in [7, 11) is 0. The topological polar surface area (TPSA) is 64.1 Å². The van der Waals surface area contributed by atoms with Crippen molar-refractivity contribution in [3.05, 3.63) is 59.4 Å². The van der Waals surface area contributed by atoms with Gasteiger partial charge in [0.2, 0.25) is 5.91 Å². The largest absolute Gasteiger partial charge is 0.493 e. The molecule has 1 amide bonds. The summed E-state index contributed by atoms with van der Waals surface area (Å²) in [5, 5.41) is 4.55. The summed E-state index contributed by atoms with van der Waals surface area (Å²) in [4.78, 5) is 21.1. The number of nitrogens with one attached hydrogen (secondary N) is 1. The normalized spacial score (nSPS) is 16.2. The molecule has 1 aromatic carbocycles. The van der Waals surface area contributed by atoms with Crippen LogP contribution < -0.4 is 10.1 Å². The summed E-state index contributed by atoms with van der Waals surface area (Å²) < 4.78 is 19.1. The zero-order valence-corrected chi connectivity index (χ0v) is 13.8. The molecule has 126 valence electrons. The lowest BCUT2D eigenvalue weighted by Crippen LogP contribution is -2.26. The molecule has 7 heteroatoms. The van der Waals surface area contributed by atoms with Crippen molar-refractivity contribution < 1.29 is 13.9 Å². The highest BCUT2D eigenvalue weighted by Crippen LogP contribution is 2.37. The van der Waals surface area contributed by atoms with E-state index in [1.54, 1.807) is 24.8 Å². The number of fused-ring (bicyclic) bond motifs is 2. The summed E-state index contributed by atoms with van der Waals surface area (Å²) >= 11 is 5.87. The number of ether oxygens (including phenoxy) is 1. The van der Waals surface area contributed by atoms with Crippen LogP contribution in [0.15, 0.2) is 43.0 Å². The molecule has 2 aromatic heterocycles. The van der Waals surface area contributed by atoms with Crippen molar-refractivity contribution in [1.29, 1.82) is 0 Å². The molecule has 0 saturated carbocycles. The molecule has 0 fully saturated rings. The number of pyridine rings is 2. The number of carbonyl (C=O) groups is 1. The quantitative estimate of drug-likeness (QED) is 0.754. The van der Waals surface area contributed by atoms with Crippen LogP contribution in [0.25, 0.3) is 10.8 Å². The summed E-state index contributed by atoms with van der Waals surface area (Å²) in [6.45, 7) is 0.335. The molecule has 4 rings (SSSR count). The first kappa shape index (κ1) is 15.8. The molecule has 0 unspecified atom stereocenters. The molecule has 3 heterocycles. The molecule has 1 atom stereocenters. The van der Waals surface area contributed by atoms with Gasteiger partial charge in [-0.3, -0.25) is 14.8 Å². The molecule has 1 aliphatic rings. The smallest absolute Gasteiger partial charge is 0.232 e. The minimum Gasteiger partial charge on any atom is -0.493 e. The fourth-order valence-corrected chi connectivity index (χ4v) is 3.15. The van der Waals surface area contributed by atoms with Crippen LogP contribution in [0.1, 0.15) is 17.9 Å². The molecule has 0 aliphatic carbocycles. The summed E-state index contributed by atoms with van der Waals surface area (Å²) in [5.41, 5.74) is 1.17. The minimum atomic E-state index is -0.564. The van der Waals surface area contributed by atoms with Gasteiger partial charge in [-0.1, -0.05) is 11.6 Å². The van der Waals surface area contributed by atoms with Gasteiger partial charge in [0.15, 0.2) is 0 Å². The minimum absolute atomic E-state index is 0.0296. The summed E-state index contributed by atoms with van der Waals surface area (Å²) in [5.74, 6) is -0.907. The summed E-state index contributed by atoms with van der Waals surface area (Å²) in [6.07, 6.45) is 7.12. The van der Waals surface area contributed by atoms with E-state index < -0.39 is 11.7 Å². The van der Waals surface area contributed by atoms with E-state index in [1.165, 1.54) is 12.1 Å². The Morgan fingerprint density at radius 3 is 3.04 bits per heavy atom. The van der Waals surface area contributed by atoms with Crippen LogP contribution in [0, 0.1) is 5.82 Å². The molecule has 0 radical (unpaired) electrons. The Bertz CT molecular complexity index is 974. The predicted octanol–water partition coefficient (Wildman–Crippen LogP) is 3.93. The zero-order chi connectivity index (χ0) is 17.4. The fourth-order valence-electron chi connectivity index (χ4n) is 2.98. The Hall–Kier alpha value is -2.73. The van der Waals surface area contributed by atoms with Gasteiger partial charge < -0.3 is 10.1 Å². The maximum Gasteiger partial charge on any atom is 0.232 e. The van der Waals surface area contributed by atoms with E-state index in [1.807, 2.05) is 6.07 Å². The zero-order valence-electron chi connectivity index (χ0n) is 13.0. The van der Waals surface area contributed by atoms with Gasteiger partial charge in [-0.15, -0.1) is 0 Å². The Morgan fingerprint density at radius 1 is 1.28 bits per heavy atom. The lowest BCUT2D eigenvalue weighted by atomic mass is 9.92. The molecule has 3 aromatic rings. The molecule has 1 N–H and O–H groups in total. The number of hydrogen-bond donors (Lipinski definition) is 1. The van der Waals surface area contributed by atoms with Gasteiger partial charge in [-0.05, 0) is 18.6 Å². The monoisotopic (exact) mass is 357 g/mol. The molecule has 0 saturated heterocycles. The number of anilines is 1. The van der Waals surface area contributed by atoms with Crippen molar-refractivity contribution in [2.45, 2.75) is 12.3 Å². The maximum absolute atomic E-state index is 13.6. The molecular weight excluding hydrogens is 345 g/mol. The van der Waals surface area contributed by atoms with Gasteiger partial charge in [-0.2, -0.15) is 0 Å². The maximum atomic E-state index is 13.6. The number of amides is 1. The molecule has 0 bridgehead atoms. The highest BCUT2D eigenvalue weighted by atomic mass is 35.5. The van der Waals surface area contributed by atoms with Gasteiger partial charge >= 0.3 is 0 Å². The Balaban J connectivity index is 1.67. The van der Waals surface area contributed by atoms with E-state index in [9.17, 15) is 9.18 Å². The van der Waals surface area contributed by atoms with Crippen LogP contribution in [0.5, 0.6) is 5.75 Å². The van der Waals surface area contributed by atoms with Crippen LogP contribution in [0.2, 0.25) is 5.02 Å². The van der Waals surface area contributed by atoms with Gasteiger partial charge in [0.05, 0.1) is 29.4 Å². The van der Waals surface area contributed by atoms with Gasteiger partial charge in [0.25, 0.3) is 0 Å². The van der Waals surface area contributed by atoms with Gasteiger partial charge in [-0.25, -0.2) is 4.39 Å². The lowest BCUT2D eigenvalue weighted by molar-refractivity contribution is -0.118. The Labute approximate surface area is 147 Å². The predicted molar refractivity (Wildman–Crippen MR) is 92.4 cm³/mol. The lowest BCUT2D eigenvalue weighted by Gasteiger charge is -2.25. The third kappa shape index (κ3) is 2.89. The second-order valence-corrected chi connectivity index (χ2v) is 6.17. The van der Waals surface area contributed by atoms with Crippen molar-refractivity contribution in [3.63, 3.8) is 0 Å². The fraction of sp³-hybridized carbons (Fsp3) is 0.167. The van der Waals surface area contributed by atoms with Crippen molar-refractivity contribution >= 4 is 34.0 Å². The van der Waals surface area contributed by atoms with E-state index in [-0.39, 0.29) is 10.9 Å². The molecule has 1 aliphatic heterocycles. The van der Waals surface area contributed by atoms with Crippen molar-refractivity contribution in [2.24, 2.45) is 0 Å². The van der Waals surface area contributed by atoms with Crippen molar-refractivity contribution in [1.82, 2.24) is 9.97 Å². The standard InChI is InChI=1S/C18H13ClFN3O2/c19-14-5-12-11(2-4-25-17(12)6-15(14)20)18(24)23-16-9-22-7-10-1-3-21-8-13(10)16/h1,3,5-9,11H,2,4H2,(H,23,24)/t11-/m1/s1. The first-order chi connectivity index (χ1) is 12.1. The average Bonchev–Trinajstić information content (AvgIpc) is 2.62.